The van der Waals surface area contributed by atoms with Gasteiger partial charge in [-0.3, -0.25) is 4.90 Å². The van der Waals surface area contributed by atoms with Crippen molar-refractivity contribution >= 4 is 5.69 Å². The minimum Gasteiger partial charge on any atom is -0.369 e. The number of hydrogen-bond donors (Lipinski definition) is 1. The van der Waals surface area contributed by atoms with Crippen LogP contribution in [0.4, 0.5) is 5.69 Å². The molecule has 1 aliphatic heterocycles. The lowest BCUT2D eigenvalue weighted by Gasteiger charge is -2.39. The molecule has 1 unspecified atom stereocenters. The maximum absolute atomic E-state index is 3.58. The van der Waals surface area contributed by atoms with Crippen LogP contribution in [0.1, 0.15) is 26.3 Å². The van der Waals surface area contributed by atoms with Crippen molar-refractivity contribution in [3.05, 3.63) is 29.8 Å². The largest absolute Gasteiger partial charge is 0.369 e. The summed E-state index contributed by atoms with van der Waals surface area (Å²) in [5.41, 5.74) is 2.72. The highest BCUT2D eigenvalue weighted by Gasteiger charge is 2.21. The second kappa shape index (κ2) is 7.81. The molecule has 1 aromatic rings. The fourth-order valence-electron chi connectivity index (χ4n) is 2.96. The fourth-order valence-corrected chi connectivity index (χ4v) is 2.96. The molecular formula is C18H31N3. The molecule has 0 bridgehead atoms. The molecule has 1 aliphatic rings. The quantitative estimate of drug-likeness (QED) is 0.869. The number of aryl methyl sites for hydroxylation is 1. The maximum Gasteiger partial charge on any atom is 0.0369 e. The van der Waals surface area contributed by atoms with E-state index in [1.807, 2.05) is 0 Å². The van der Waals surface area contributed by atoms with Crippen LogP contribution in [-0.4, -0.2) is 50.2 Å². The third-order valence-electron chi connectivity index (χ3n) is 4.30. The molecular weight excluding hydrogens is 258 g/mol. The van der Waals surface area contributed by atoms with Crippen LogP contribution in [0.25, 0.3) is 0 Å². The van der Waals surface area contributed by atoms with Crippen molar-refractivity contribution in [1.82, 2.24) is 10.2 Å². The van der Waals surface area contributed by atoms with Crippen molar-refractivity contribution in [3.63, 3.8) is 0 Å². The van der Waals surface area contributed by atoms with E-state index in [2.05, 4.69) is 67.1 Å². The Labute approximate surface area is 130 Å². The molecule has 21 heavy (non-hydrogen) atoms. The monoisotopic (exact) mass is 289 g/mol. The Kier molecular flexibility index (Phi) is 6.07. The van der Waals surface area contributed by atoms with Gasteiger partial charge >= 0.3 is 0 Å². The lowest BCUT2D eigenvalue weighted by molar-refractivity contribution is 0.192. The van der Waals surface area contributed by atoms with E-state index >= 15 is 0 Å². The molecule has 1 fully saturated rings. The Morgan fingerprint density at radius 3 is 2.38 bits per heavy atom. The minimum atomic E-state index is 0.628. The number of nitrogens with zero attached hydrogens (tertiary/aromatic N) is 2. The molecule has 1 aromatic carbocycles. The molecule has 1 saturated heterocycles. The molecule has 3 heteroatoms. The number of nitrogens with one attached hydrogen (secondary N) is 1. The molecule has 0 saturated carbocycles. The van der Waals surface area contributed by atoms with Gasteiger partial charge in [-0.05, 0) is 44.0 Å². The second-order valence-corrected chi connectivity index (χ2v) is 6.76. The highest BCUT2D eigenvalue weighted by Crippen LogP contribution is 2.18. The van der Waals surface area contributed by atoms with Gasteiger partial charge < -0.3 is 10.2 Å². The highest BCUT2D eigenvalue weighted by atomic mass is 15.3. The molecule has 3 nitrogen and oxygen atoms in total. The van der Waals surface area contributed by atoms with Crippen LogP contribution in [0.5, 0.6) is 0 Å². The van der Waals surface area contributed by atoms with E-state index in [0.717, 1.165) is 32.1 Å². The summed E-state index contributed by atoms with van der Waals surface area (Å²) in [6.45, 7) is 15.9. The van der Waals surface area contributed by atoms with Gasteiger partial charge in [0.15, 0.2) is 0 Å². The zero-order valence-corrected chi connectivity index (χ0v) is 14.1. The van der Waals surface area contributed by atoms with Gasteiger partial charge in [0.1, 0.15) is 0 Å². The maximum atomic E-state index is 3.58. The Hall–Kier alpha value is -1.06. The van der Waals surface area contributed by atoms with Gasteiger partial charge in [0.05, 0.1) is 0 Å². The third kappa shape index (κ3) is 5.01. The molecule has 118 valence electrons. The SMILES string of the molecule is Cc1cccc(N2CCN(C(C)CNCC(C)C)CC2)c1. The standard InChI is InChI=1S/C18H31N3/c1-15(2)13-19-14-17(4)20-8-10-21(11-9-20)18-7-5-6-16(3)12-18/h5-7,12,15,17,19H,8-11,13-14H2,1-4H3. The molecule has 0 aliphatic carbocycles. The van der Waals surface area contributed by atoms with Crippen molar-refractivity contribution in [2.24, 2.45) is 5.92 Å². The van der Waals surface area contributed by atoms with Crippen molar-refractivity contribution in [2.45, 2.75) is 33.7 Å². The van der Waals surface area contributed by atoms with Crippen molar-refractivity contribution in [3.8, 4) is 0 Å². The lowest BCUT2D eigenvalue weighted by atomic mass is 10.1. The van der Waals surface area contributed by atoms with E-state index in [0.29, 0.717) is 6.04 Å². The summed E-state index contributed by atoms with van der Waals surface area (Å²) in [6, 6.07) is 9.49. The molecule has 0 aromatic heterocycles. The van der Waals surface area contributed by atoms with Gasteiger partial charge in [-0.15, -0.1) is 0 Å². The smallest absolute Gasteiger partial charge is 0.0369 e. The summed E-state index contributed by atoms with van der Waals surface area (Å²) >= 11 is 0. The van der Waals surface area contributed by atoms with Gasteiger partial charge in [-0.25, -0.2) is 0 Å². The molecule has 0 spiro atoms. The summed E-state index contributed by atoms with van der Waals surface area (Å²) in [6.07, 6.45) is 0. The summed E-state index contributed by atoms with van der Waals surface area (Å²) < 4.78 is 0. The van der Waals surface area contributed by atoms with Crippen LogP contribution >= 0.6 is 0 Å². The summed E-state index contributed by atoms with van der Waals surface area (Å²) in [5, 5.41) is 3.58. The topological polar surface area (TPSA) is 18.5 Å². The number of rotatable bonds is 6. The average Bonchev–Trinajstić information content (AvgIpc) is 2.47. The third-order valence-corrected chi connectivity index (χ3v) is 4.30. The fraction of sp³-hybridized carbons (Fsp3) is 0.667. The minimum absolute atomic E-state index is 0.628. The van der Waals surface area contributed by atoms with Crippen LogP contribution in [0.2, 0.25) is 0 Å². The molecule has 1 atom stereocenters. The first kappa shape index (κ1) is 16.3. The van der Waals surface area contributed by atoms with Gasteiger partial charge in [0, 0.05) is 44.5 Å². The number of hydrogen-bond acceptors (Lipinski definition) is 3. The van der Waals surface area contributed by atoms with Crippen LogP contribution in [0.3, 0.4) is 0 Å². The number of benzene rings is 1. The first-order valence-electron chi connectivity index (χ1n) is 8.32. The van der Waals surface area contributed by atoms with E-state index in [-0.39, 0.29) is 0 Å². The predicted molar refractivity (Wildman–Crippen MR) is 92.1 cm³/mol. The highest BCUT2D eigenvalue weighted by molar-refractivity contribution is 5.48. The first-order valence-corrected chi connectivity index (χ1v) is 8.32. The van der Waals surface area contributed by atoms with Crippen molar-refractivity contribution < 1.29 is 0 Å². The Morgan fingerprint density at radius 1 is 1.05 bits per heavy atom. The van der Waals surface area contributed by atoms with Gasteiger partial charge in [0.25, 0.3) is 0 Å². The first-order chi connectivity index (χ1) is 10.1. The predicted octanol–water partition coefficient (Wildman–Crippen LogP) is 2.75. The Balaban J connectivity index is 1.77. The average molecular weight is 289 g/mol. The zero-order chi connectivity index (χ0) is 15.2. The lowest BCUT2D eigenvalue weighted by Crippen LogP contribution is -2.52. The normalized spacial score (nSPS) is 18.2. The van der Waals surface area contributed by atoms with Crippen LogP contribution in [0.15, 0.2) is 24.3 Å². The van der Waals surface area contributed by atoms with E-state index in [1.165, 1.54) is 24.3 Å². The summed E-state index contributed by atoms with van der Waals surface area (Å²) in [5.74, 6) is 0.732. The Bertz CT molecular complexity index is 422. The van der Waals surface area contributed by atoms with E-state index in [4.69, 9.17) is 0 Å². The van der Waals surface area contributed by atoms with E-state index in [1.54, 1.807) is 0 Å². The van der Waals surface area contributed by atoms with Crippen LogP contribution in [-0.2, 0) is 0 Å². The van der Waals surface area contributed by atoms with E-state index in [9.17, 15) is 0 Å². The molecule has 2 rings (SSSR count). The summed E-state index contributed by atoms with van der Waals surface area (Å²) in [4.78, 5) is 5.12. The number of anilines is 1. The van der Waals surface area contributed by atoms with Crippen molar-refractivity contribution in [2.75, 3.05) is 44.2 Å². The van der Waals surface area contributed by atoms with Gasteiger partial charge in [-0.1, -0.05) is 26.0 Å². The van der Waals surface area contributed by atoms with E-state index < -0.39 is 0 Å². The molecule has 0 radical (unpaired) electrons. The summed E-state index contributed by atoms with van der Waals surface area (Å²) in [7, 11) is 0. The molecule has 0 amide bonds. The van der Waals surface area contributed by atoms with Crippen molar-refractivity contribution in [1.29, 1.82) is 0 Å². The van der Waals surface area contributed by atoms with Crippen LogP contribution in [0, 0.1) is 12.8 Å². The van der Waals surface area contributed by atoms with Gasteiger partial charge in [0.2, 0.25) is 0 Å². The zero-order valence-electron chi connectivity index (χ0n) is 14.1. The second-order valence-electron chi connectivity index (χ2n) is 6.76. The van der Waals surface area contributed by atoms with Gasteiger partial charge in [-0.2, -0.15) is 0 Å². The molecule has 1 heterocycles. The Morgan fingerprint density at radius 2 is 1.76 bits per heavy atom. The number of piperazine rings is 1. The molecule has 1 N–H and O–H groups in total. The van der Waals surface area contributed by atoms with Crippen LogP contribution < -0.4 is 10.2 Å².